The van der Waals surface area contributed by atoms with Crippen LogP contribution in [-0.4, -0.2) is 26.7 Å². The number of hydrogen-bond acceptors (Lipinski definition) is 3. The third-order valence-corrected chi connectivity index (χ3v) is 4.41. The summed E-state index contributed by atoms with van der Waals surface area (Å²) >= 11 is 0. The van der Waals surface area contributed by atoms with Crippen LogP contribution >= 0.6 is 0 Å². The molecule has 1 aliphatic rings. The fourth-order valence-corrected chi connectivity index (χ4v) is 2.57. The van der Waals surface area contributed by atoms with Gasteiger partial charge in [-0.15, -0.1) is 0 Å². The maximum absolute atomic E-state index is 12.1. The summed E-state index contributed by atoms with van der Waals surface area (Å²) in [5, 5.41) is 2.84. The molecule has 0 radical (unpaired) electrons. The van der Waals surface area contributed by atoms with Crippen molar-refractivity contribution in [2.75, 3.05) is 0 Å². The van der Waals surface area contributed by atoms with Crippen LogP contribution in [0.3, 0.4) is 0 Å². The normalized spacial score (nSPS) is 21.2. The maximum atomic E-state index is 12.1. The highest BCUT2D eigenvalue weighted by molar-refractivity contribution is 7.84. The van der Waals surface area contributed by atoms with Crippen LogP contribution in [0.4, 0.5) is 4.79 Å². The largest absolute Gasteiger partial charge is 0.444 e. The van der Waals surface area contributed by atoms with Crippen molar-refractivity contribution >= 4 is 17.1 Å². The summed E-state index contributed by atoms with van der Waals surface area (Å²) in [6.07, 6.45) is 4.19. The molecule has 0 aromatic rings. The van der Waals surface area contributed by atoms with Gasteiger partial charge in [-0.25, -0.2) is 9.00 Å². The molecule has 0 saturated carbocycles. The van der Waals surface area contributed by atoms with Crippen LogP contribution in [0.25, 0.3) is 0 Å². The Morgan fingerprint density at radius 1 is 1.29 bits per heavy atom. The molecule has 0 saturated heterocycles. The smallest absolute Gasteiger partial charge is 0.408 e. The van der Waals surface area contributed by atoms with Gasteiger partial charge in [-0.2, -0.15) is 0 Å². The summed E-state index contributed by atoms with van der Waals surface area (Å²) < 4.78 is 20.1. The van der Waals surface area contributed by atoms with Crippen molar-refractivity contribution in [1.82, 2.24) is 10.0 Å². The number of ether oxygens (including phenoxy) is 1. The molecule has 1 amide bonds. The van der Waals surface area contributed by atoms with E-state index in [0.29, 0.717) is 0 Å². The molecular weight excluding hydrogens is 288 g/mol. The van der Waals surface area contributed by atoms with E-state index in [1.807, 2.05) is 47.6 Å². The van der Waals surface area contributed by atoms with Crippen LogP contribution in [0.1, 0.15) is 60.8 Å². The molecule has 0 aromatic heterocycles. The van der Waals surface area contributed by atoms with E-state index in [1.54, 1.807) is 0 Å². The first-order valence-electron chi connectivity index (χ1n) is 7.36. The Hall–Kier alpha value is -1.04. The van der Waals surface area contributed by atoms with E-state index in [9.17, 15) is 9.00 Å². The Bertz CT molecular complexity index is 433. The summed E-state index contributed by atoms with van der Waals surface area (Å²) in [6, 6.07) is -0.0759. The Morgan fingerprint density at radius 2 is 1.90 bits per heavy atom. The highest BCUT2D eigenvalue weighted by Crippen LogP contribution is 2.19. The molecule has 0 aliphatic heterocycles. The van der Waals surface area contributed by atoms with Gasteiger partial charge in [-0.3, -0.25) is 0 Å². The average molecular weight is 316 g/mol. The van der Waals surface area contributed by atoms with Gasteiger partial charge in [0.1, 0.15) is 16.6 Å². The molecule has 6 heteroatoms. The van der Waals surface area contributed by atoms with E-state index in [0.717, 1.165) is 25.0 Å². The zero-order valence-corrected chi connectivity index (χ0v) is 14.7. The minimum absolute atomic E-state index is 0.0759. The van der Waals surface area contributed by atoms with Crippen molar-refractivity contribution < 1.29 is 13.7 Å². The molecule has 1 aliphatic carbocycles. The topological polar surface area (TPSA) is 67.4 Å². The zero-order valence-electron chi connectivity index (χ0n) is 13.9. The van der Waals surface area contributed by atoms with Crippen LogP contribution in [0.15, 0.2) is 11.8 Å². The second-order valence-electron chi connectivity index (χ2n) is 7.32. The van der Waals surface area contributed by atoms with Gasteiger partial charge in [-0.1, -0.05) is 0 Å². The Morgan fingerprint density at radius 3 is 2.43 bits per heavy atom. The maximum Gasteiger partial charge on any atom is 0.408 e. The molecule has 0 spiro atoms. The van der Waals surface area contributed by atoms with E-state index in [1.165, 1.54) is 0 Å². The van der Waals surface area contributed by atoms with Gasteiger partial charge in [0.25, 0.3) is 0 Å². The first kappa shape index (κ1) is 18.0. The van der Waals surface area contributed by atoms with E-state index < -0.39 is 22.7 Å². The highest BCUT2D eigenvalue weighted by atomic mass is 32.2. The lowest BCUT2D eigenvalue weighted by molar-refractivity contribution is 0.0511. The minimum atomic E-state index is -1.14. The zero-order chi connectivity index (χ0) is 16.3. The van der Waals surface area contributed by atoms with Crippen molar-refractivity contribution in [3.8, 4) is 0 Å². The van der Waals surface area contributed by atoms with Gasteiger partial charge in [0.05, 0.1) is 10.8 Å². The first-order chi connectivity index (χ1) is 9.47. The summed E-state index contributed by atoms with van der Waals surface area (Å²) in [7, 11) is -1.14. The second kappa shape index (κ2) is 6.81. The monoisotopic (exact) mass is 316 g/mol. The van der Waals surface area contributed by atoms with Gasteiger partial charge in [0, 0.05) is 5.70 Å². The number of carbonyl (C=O) groups is 1. The Labute approximate surface area is 130 Å². The molecular formula is C15H28N2O3S. The summed E-state index contributed by atoms with van der Waals surface area (Å²) in [5.74, 6) is 0. The number of allylic oxidation sites excluding steroid dienone is 1. The van der Waals surface area contributed by atoms with E-state index in [-0.39, 0.29) is 10.8 Å². The van der Waals surface area contributed by atoms with Gasteiger partial charge >= 0.3 is 6.09 Å². The number of nitrogens with one attached hydrogen (secondary N) is 2. The summed E-state index contributed by atoms with van der Waals surface area (Å²) in [4.78, 5) is 11.8. The molecule has 0 heterocycles. The molecule has 1 rings (SSSR count). The molecule has 0 aromatic carbocycles. The summed E-state index contributed by atoms with van der Waals surface area (Å²) in [6.45, 7) is 11.3. The third kappa shape index (κ3) is 6.98. The minimum Gasteiger partial charge on any atom is -0.444 e. The highest BCUT2D eigenvalue weighted by Gasteiger charge is 2.24. The molecule has 21 heavy (non-hydrogen) atoms. The second-order valence-corrected chi connectivity index (χ2v) is 9.29. The Kier molecular flexibility index (Phi) is 5.84. The number of hydrogen-bond donors (Lipinski definition) is 2. The van der Waals surface area contributed by atoms with Crippen LogP contribution in [-0.2, 0) is 15.7 Å². The lowest BCUT2D eigenvalue weighted by Crippen LogP contribution is -2.40. The van der Waals surface area contributed by atoms with Crippen LogP contribution in [0, 0.1) is 0 Å². The molecule has 2 unspecified atom stereocenters. The quantitative estimate of drug-likeness (QED) is 0.841. The van der Waals surface area contributed by atoms with Gasteiger partial charge in [0.15, 0.2) is 0 Å². The molecule has 122 valence electrons. The predicted molar refractivity (Wildman–Crippen MR) is 86.1 cm³/mol. The molecule has 2 N–H and O–H groups in total. The SMILES string of the molecule is CC(C)(C)OC(=O)NC1C=C(NS(=O)C(C)(C)C)CCC1. The predicted octanol–water partition coefficient (Wildman–Crippen LogP) is 3.00. The van der Waals surface area contributed by atoms with Gasteiger partial charge < -0.3 is 14.8 Å². The molecule has 2 atom stereocenters. The van der Waals surface area contributed by atoms with Crippen LogP contribution in [0.2, 0.25) is 0 Å². The van der Waals surface area contributed by atoms with Crippen molar-refractivity contribution in [3.05, 3.63) is 11.8 Å². The van der Waals surface area contributed by atoms with E-state index in [4.69, 9.17) is 4.74 Å². The number of rotatable bonds is 3. The number of amides is 1. The third-order valence-electron chi connectivity index (χ3n) is 2.85. The van der Waals surface area contributed by atoms with E-state index in [2.05, 4.69) is 10.0 Å². The van der Waals surface area contributed by atoms with Crippen molar-refractivity contribution in [2.24, 2.45) is 0 Å². The lowest BCUT2D eigenvalue weighted by atomic mass is 10.0. The fourth-order valence-electron chi connectivity index (χ4n) is 1.85. The number of alkyl carbamates (subject to hydrolysis) is 1. The van der Waals surface area contributed by atoms with Crippen molar-refractivity contribution in [3.63, 3.8) is 0 Å². The average Bonchev–Trinajstić information content (AvgIpc) is 2.25. The molecule has 0 bridgehead atoms. The fraction of sp³-hybridized carbons (Fsp3) is 0.800. The van der Waals surface area contributed by atoms with E-state index >= 15 is 0 Å². The summed E-state index contributed by atoms with van der Waals surface area (Å²) in [5.41, 5.74) is 0.424. The molecule has 5 nitrogen and oxygen atoms in total. The Balaban J connectivity index is 2.60. The molecule has 0 fully saturated rings. The van der Waals surface area contributed by atoms with Gasteiger partial charge in [0.2, 0.25) is 0 Å². The van der Waals surface area contributed by atoms with Crippen molar-refractivity contribution in [1.29, 1.82) is 0 Å². The first-order valence-corrected chi connectivity index (χ1v) is 8.51. The van der Waals surface area contributed by atoms with Gasteiger partial charge in [-0.05, 0) is 66.9 Å². The lowest BCUT2D eigenvalue weighted by Gasteiger charge is -2.27. The number of carbonyl (C=O) groups excluding carboxylic acids is 1. The van der Waals surface area contributed by atoms with Crippen molar-refractivity contribution in [2.45, 2.75) is 77.2 Å². The standard InChI is InChI=1S/C15H28N2O3S/c1-14(2,3)20-13(18)16-11-8-7-9-12(10-11)17-21(19)15(4,5)6/h10-11,17H,7-9H2,1-6H3,(H,16,18). The van der Waals surface area contributed by atoms with Crippen LogP contribution < -0.4 is 10.0 Å². The van der Waals surface area contributed by atoms with Crippen LogP contribution in [0.5, 0.6) is 0 Å².